The Morgan fingerprint density at radius 2 is 2.05 bits per heavy atom. The SMILES string of the molecule is CC[C@@H]1CN(Cc2cc(C(CC(=O)O)c3cc(C)c4c(nnn4C)c3C)cc3ccsc23)Cc2nc(O)ccc2O1. The Morgan fingerprint density at radius 3 is 2.83 bits per heavy atom. The van der Waals surface area contributed by atoms with E-state index in [-0.39, 0.29) is 24.3 Å². The number of hydrogen-bond donors (Lipinski definition) is 2. The minimum absolute atomic E-state index is 0.00584. The Bertz CT molecular complexity index is 1780. The van der Waals surface area contributed by atoms with Gasteiger partial charge >= 0.3 is 5.97 Å². The number of aromatic nitrogens is 4. The molecule has 212 valence electrons. The second kappa shape index (κ2) is 10.8. The Hall–Kier alpha value is -4.02. The summed E-state index contributed by atoms with van der Waals surface area (Å²) in [5, 5.41) is 31.9. The van der Waals surface area contributed by atoms with Gasteiger partial charge in [0.1, 0.15) is 23.1 Å². The molecule has 0 aliphatic carbocycles. The van der Waals surface area contributed by atoms with Crippen molar-refractivity contribution >= 4 is 38.4 Å². The molecule has 0 radical (unpaired) electrons. The maximum Gasteiger partial charge on any atom is 0.304 e. The summed E-state index contributed by atoms with van der Waals surface area (Å²) >= 11 is 1.69. The van der Waals surface area contributed by atoms with E-state index in [1.165, 1.54) is 4.70 Å². The lowest BCUT2D eigenvalue weighted by Crippen LogP contribution is -2.32. The van der Waals surface area contributed by atoms with Crippen LogP contribution >= 0.6 is 11.3 Å². The topological polar surface area (TPSA) is 114 Å². The number of aryl methyl sites for hydroxylation is 3. The number of carboxylic acid groups (broad SMARTS) is 1. The second-order valence-electron chi connectivity index (χ2n) is 10.9. The average molecular weight is 572 g/mol. The predicted molar refractivity (Wildman–Crippen MR) is 159 cm³/mol. The smallest absolute Gasteiger partial charge is 0.304 e. The Labute approximate surface area is 242 Å². The summed E-state index contributed by atoms with van der Waals surface area (Å²) in [5.41, 5.74) is 7.51. The molecule has 41 heavy (non-hydrogen) atoms. The molecular weight excluding hydrogens is 538 g/mol. The molecule has 2 atom stereocenters. The Morgan fingerprint density at radius 1 is 1.22 bits per heavy atom. The van der Waals surface area contributed by atoms with E-state index < -0.39 is 5.97 Å². The third-order valence-corrected chi connectivity index (χ3v) is 9.07. The molecule has 0 saturated heterocycles. The minimum Gasteiger partial charge on any atom is -0.493 e. The van der Waals surface area contributed by atoms with Gasteiger partial charge in [-0.3, -0.25) is 9.69 Å². The number of carbonyl (C=O) groups is 1. The highest BCUT2D eigenvalue weighted by Crippen LogP contribution is 2.39. The van der Waals surface area contributed by atoms with Gasteiger partial charge in [-0.25, -0.2) is 9.67 Å². The van der Waals surface area contributed by atoms with E-state index in [0.717, 1.165) is 50.7 Å². The van der Waals surface area contributed by atoms with Crippen LogP contribution < -0.4 is 4.74 Å². The summed E-state index contributed by atoms with van der Waals surface area (Å²) in [6.07, 6.45) is 0.802. The molecule has 1 unspecified atom stereocenters. The first-order valence-corrected chi connectivity index (χ1v) is 14.7. The van der Waals surface area contributed by atoms with E-state index in [9.17, 15) is 15.0 Å². The first-order chi connectivity index (χ1) is 19.7. The molecule has 2 aromatic carbocycles. The number of nitrogens with zero attached hydrogens (tertiary/aromatic N) is 5. The fourth-order valence-corrected chi connectivity index (χ4v) is 6.98. The monoisotopic (exact) mass is 571 g/mol. The fourth-order valence-electron chi connectivity index (χ4n) is 6.10. The van der Waals surface area contributed by atoms with Crippen molar-refractivity contribution in [1.82, 2.24) is 24.9 Å². The maximum absolute atomic E-state index is 12.2. The second-order valence-corrected chi connectivity index (χ2v) is 11.8. The molecular formula is C31H33N5O4S. The molecule has 10 heteroatoms. The molecule has 9 nitrogen and oxygen atoms in total. The number of rotatable bonds is 7. The van der Waals surface area contributed by atoms with E-state index in [1.807, 2.05) is 20.9 Å². The summed E-state index contributed by atoms with van der Waals surface area (Å²) in [6, 6.07) is 11.9. The van der Waals surface area contributed by atoms with Crippen molar-refractivity contribution in [2.24, 2.45) is 7.05 Å². The third kappa shape index (κ3) is 5.13. The summed E-state index contributed by atoms with van der Waals surface area (Å²) in [6.45, 7) is 8.03. The molecule has 6 rings (SSSR count). The summed E-state index contributed by atoms with van der Waals surface area (Å²) < 4.78 is 9.19. The molecule has 5 aromatic rings. The van der Waals surface area contributed by atoms with Crippen molar-refractivity contribution in [3.8, 4) is 11.6 Å². The molecule has 2 N–H and O–H groups in total. The van der Waals surface area contributed by atoms with Crippen molar-refractivity contribution in [3.05, 3.63) is 75.3 Å². The first-order valence-electron chi connectivity index (χ1n) is 13.8. The van der Waals surface area contributed by atoms with Gasteiger partial charge in [0.25, 0.3) is 0 Å². The van der Waals surface area contributed by atoms with Gasteiger partial charge in [-0.15, -0.1) is 16.4 Å². The van der Waals surface area contributed by atoms with E-state index >= 15 is 0 Å². The molecule has 0 saturated carbocycles. The van der Waals surface area contributed by atoms with Crippen LogP contribution in [0.25, 0.3) is 21.1 Å². The van der Waals surface area contributed by atoms with Crippen LogP contribution in [-0.4, -0.2) is 53.7 Å². The zero-order chi connectivity index (χ0) is 28.8. The van der Waals surface area contributed by atoms with Crippen LogP contribution in [0.15, 0.2) is 41.8 Å². The van der Waals surface area contributed by atoms with Crippen molar-refractivity contribution in [2.75, 3.05) is 6.54 Å². The van der Waals surface area contributed by atoms with Gasteiger partial charge in [0, 0.05) is 43.4 Å². The largest absolute Gasteiger partial charge is 0.493 e. The predicted octanol–water partition coefficient (Wildman–Crippen LogP) is 5.68. The van der Waals surface area contributed by atoms with Gasteiger partial charge < -0.3 is 14.9 Å². The van der Waals surface area contributed by atoms with Crippen LogP contribution in [0.4, 0.5) is 0 Å². The number of aliphatic carboxylic acids is 1. The van der Waals surface area contributed by atoms with Crippen LogP contribution in [0.5, 0.6) is 11.6 Å². The van der Waals surface area contributed by atoms with E-state index in [4.69, 9.17) is 4.74 Å². The van der Waals surface area contributed by atoms with Gasteiger partial charge in [0.15, 0.2) is 0 Å². The van der Waals surface area contributed by atoms with Gasteiger partial charge in [0.2, 0.25) is 5.88 Å². The van der Waals surface area contributed by atoms with Gasteiger partial charge in [0.05, 0.1) is 11.9 Å². The summed E-state index contributed by atoms with van der Waals surface area (Å²) in [7, 11) is 1.87. The molecule has 0 spiro atoms. The van der Waals surface area contributed by atoms with Crippen molar-refractivity contribution < 1.29 is 19.7 Å². The third-order valence-electron chi connectivity index (χ3n) is 8.06. The molecule has 1 aliphatic rings. The molecule has 4 heterocycles. The summed E-state index contributed by atoms with van der Waals surface area (Å²) in [4.78, 5) is 18.9. The van der Waals surface area contributed by atoms with E-state index in [2.05, 4.69) is 56.8 Å². The molecule has 0 fully saturated rings. The van der Waals surface area contributed by atoms with Crippen LogP contribution in [0.2, 0.25) is 0 Å². The number of carboxylic acids is 1. The van der Waals surface area contributed by atoms with Gasteiger partial charge in [-0.05, 0) is 77.1 Å². The number of hydrogen-bond acceptors (Lipinski definition) is 8. The van der Waals surface area contributed by atoms with Crippen LogP contribution in [0.1, 0.15) is 59.2 Å². The van der Waals surface area contributed by atoms with Crippen LogP contribution in [0, 0.1) is 13.8 Å². The summed E-state index contributed by atoms with van der Waals surface area (Å²) in [5.74, 6) is -0.516. The van der Waals surface area contributed by atoms with Crippen molar-refractivity contribution in [2.45, 2.75) is 58.7 Å². The zero-order valence-corrected chi connectivity index (χ0v) is 24.4. The first kappa shape index (κ1) is 27.2. The number of fused-ring (bicyclic) bond motifs is 3. The molecule has 0 amide bonds. The average Bonchev–Trinajstić information content (AvgIpc) is 3.53. The van der Waals surface area contributed by atoms with E-state index in [0.29, 0.717) is 31.1 Å². The number of ether oxygens (including phenoxy) is 1. The maximum atomic E-state index is 12.2. The Balaban J connectivity index is 1.44. The van der Waals surface area contributed by atoms with Gasteiger partial charge in [-0.2, -0.15) is 0 Å². The van der Waals surface area contributed by atoms with E-state index in [1.54, 1.807) is 28.2 Å². The Kier molecular flexibility index (Phi) is 7.13. The lowest BCUT2D eigenvalue weighted by molar-refractivity contribution is -0.137. The number of aromatic hydroxyl groups is 1. The highest BCUT2D eigenvalue weighted by Gasteiger charge is 2.27. The molecule has 1 aliphatic heterocycles. The molecule has 3 aromatic heterocycles. The lowest BCUT2D eigenvalue weighted by atomic mass is 9.83. The zero-order valence-electron chi connectivity index (χ0n) is 23.6. The highest BCUT2D eigenvalue weighted by molar-refractivity contribution is 7.17. The molecule has 0 bridgehead atoms. The fraction of sp³-hybridized carbons (Fsp3) is 0.355. The van der Waals surface area contributed by atoms with Gasteiger partial charge in [-0.1, -0.05) is 24.3 Å². The number of thiophene rings is 1. The van der Waals surface area contributed by atoms with Crippen LogP contribution in [0.3, 0.4) is 0 Å². The quantitative estimate of drug-likeness (QED) is 0.257. The lowest BCUT2D eigenvalue weighted by Gasteiger charge is -2.25. The minimum atomic E-state index is -0.851. The highest BCUT2D eigenvalue weighted by atomic mass is 32.1. The van der Waals surface area contributed by atoms with Crippen molar-refractivity contribution in [1.29, 1.82) is 0 Å². The number of pyridine rings is 1. The normalized spacial score (nSPS) is 16.4. The standard InChI is InChI=1S/C31H33N5O4S/c1-5-22-15-36(16-25-26(40-22)6-7-27(37)32-25)14-21-12-20(11-19-8-9-41-31(19)21)24(13-28(38)39)23-10-17(2)30-29(18(23)3)33-34-35(30)4/h6-12,22,24H,5,13-16H2,1-4H3,(H,32,37)(H,38,39)/t22-,24?/m1/s1. The van der Waals surface area contributed by atoms with Crippen molar-refractivity contribution in [3.63, 3.8) is 0 Å². The van der Waals surface area contributed by atoms with Crippen LogP contribution in [-0.2, 0) is 24.9 Å². The number of benzene rings is 2.